The molecule has 2 aromatic heterocycles. The Bertz CT molecular complexity index is 773. The third-order valence-electron chi connectivity index (χ3n) is 3.64. The van der Waals surface area contributed by atoms with Gasteiger partial charge in [-0.3, -0.25) is 9.36 Å². The number of thioether (sulfide) groups is 1. The first-order valence-electron chi connectivity index (χ1n) is 7.57. The number of pyridine rings is 1. The lowest BCUT2D eigenvalue weighted by Crippen LogP contribution is -2.23. The average molecular weight is 338 g/mol. The highest BCUT2D eigenvalue weighted by Gasteiger charge is 2.20. The molecule has 6 heteroatoms. The van der Waals surface area contributed by atoms with Crippen molar-refractivity contribution in [3.63, 3.8) is 0 Å². The normalized spacial score (nSPS) is 11.9. The fourth-order valence-corrected chi connectivity index (χ4v) is 3.09. The van der Waals surface area contributed by atoms with E-state index in [1.54, 1.807) is 30.5 Å². The van der Waals surface area contributed by atoms with Gasteiger partial charge in [0.05, 0.1) is 17.8 Å². The van der Waals surface area contributed by atoms with Crippen LogP contribution in [0.2, 0.25) is 0 Å². The van der Waals surface area contributed by atoms with Gasteiger partial charge >= 0.3 is 0 Å². The molecule has 24 heavy (non-hydrogen) atoms. The Morgan fingerprint density at radius 3 is 2.71 bits per heavy atom. The number of aromatic nitrogens is 3. The maximum Gasteiger partial charge on any atom is 0.232 e. The van der Waals surface area contributed by atoms with Gasteiger partial charge in [0.25, 0.3) is 0 Å². The van der Waals surface area contributed by atoms with Crippen molar-refractivity contribution in [1.82, 2.24) is 14.5 Å². The maximum absolute atomic E-state index is 12.6. The Kier molecular flexibility index (Phi) is 5.28. The summed E-state index contributed by atoms with van der Waals surface area (Å²) in [6.07, 6.45) is 8.87. The van der Waals surface area contributed by atoms with Crippen LogP contribution in [0, 0.1) is 0 Å². The number of carbonyl (C=O) groups excluding carboxylic acids is 1. The minimum Gasteiger partial charge on any atom is -0.324 e. The zero-order valence-electron chi connectivity index (χ0n) is 13.3. The number of imidazole rings is 1. The van der Waals surface area contributed by atoms with Gasteiger partial charge in [0, 0.05) is 18.1 Å². The van der Waals surface area contributed by atoms with E-state index in [0.29, 0.717) is 5.69 Å². The summed E-state index contributed by atoms with van der Waals surface area (Å²) in [7, 11) is 0. The van der Waals surface area contributed by atoms with E-state index in [9.17, 15) is 4.79 Å². The zero-order chi connectivity index (χ0) is 16.8. The Hall–Kier alpha value is -2.60. The number of rotatable bonds is 6. The van der Waals surface area contributed by atoms with E-state index >= 15 is 0 Å². The molecule has 0 fully saturated rings. The molecule has 0 aliphatic carbocycles. The molecule has 0 spiro atoms. The van der Waals surface area contributed by atoms with E-state index in [1.165, 1.54) is 0 Å². The second kappa shape index (κ2) is 7.79. The lowest BCUT2D eigenvalue weighted by molar-refractivity contribution is -0.117. The highest BCUT2D eigenvalue weighted by Crippen LogP contribution is 2.22. The minimum atomic E-state index is -0.186. The molecule has 0 unspecified atom stereocenters. The summed E-state index contributed by atoms with van der Waals surface area (Å²) in [6.45, 7) is 0. The number of amides is 1. The largest absolute Gasteiger partial charge is 0.324 e. The smallest absolute Gasteiger partial charge is 0.232 e. The third-order valence-corrected chi connectivity index (χ3v) is 4.30. The standard InChI is InChI=1S/C18H18N4OS/c1-24-12-16(14-5-3-2-4-6-14)18(23)21-15-7-8-17(20-11-15)22-10-9-19-13-22/h2-11,13,16H,12H2,1H3,(H,21,23)/t16-/m1/s1. The Morgan fingerprint density at radius 2 is 2.08 bits per heavy atom. The molecule has 3 rings (SSSR count). The molecule has 1 amide bonds. The van der Waals surface area contributed by atoms with Crippen LogP contribution in [-0.2, 0) is 4.79 Å². The van der Waals surface area contributed by atoms with Crippen LogP contribution in [0.5, 0.6) is 0 Å². The van der Waals surface area contributed by atoms with Crippen molar-refractivity contribution in [2.45, 2.75) is 5.92 Å². The van der Waals surface area contributed by atoms with Gasteiger partial charge in [-0.15, -0.1) is 0 Å². The highest BCUT2D eigenvalue weighted by molar-refractivity contribution is 7.98. The van der Waals surface area contributed by atoms with Crippen molar-refractivity contribution in [2.24, 2.45) is 0 Å². The molecule has 122 valence electrons. The monoisotopic (exact) mass is 338 g/mol. The summed E-state index contributed by atoms with van der Waals surface area (Å²) in [5, 5.41) is 2.96. The van der Waals surface area contributed by atoms with Crippen LogP contribution in [0.15, 0.2) is 67.4 Å². The van der Waals surface area contributed by atoms with Gasteiger partial charge in [0.2, 0.25) is 5.91 Å². The molecule has 0 radical (unpaired) electrons. The van der Waals surface area contributed by atoms with Crippen molar-refractivity contribution in [1.29, 1.82) is 0 Å². The molecule has 0 saturated heterocycles. The molecule has 5 nitrogen and oxygen atoms in total. The van der Waals surface area contributed by atoms with Crippen molar-refractivity contribution in [3.05, 3.63) is 72.9 Å². The third kappa shape index (κ3) is 3.83. The first-order valence-corrected chi connectivity index (χ1v) is 8.96. The number of hydrogen-bond acceptors (Lipinski definition) is 4. The van der Waals surface area contributed by atoms with E-state index in [-0.39, 0.29) is 11.8 Å². The van der Waals surface area contributed by atoms with Crippen LogP contribution in [0.25, 0.3) is 5.82 Å². The molecule has 2 heterocycles. The molecular formula is C18H18N4OS. The summed E-state index contributed by atoms with van der Waals surface area (Å²) in [4.78, 5) is 21.0. The Morgan fingerprint density at radius 1 is 1.25 bits per heavy atom. The van der Waals surface area contributed by atoms with Gasteiger partial charge in [0.15, 0.2) is 0 Å². The van der Waals surface area contributed by atoms with E-state index < -0.39 is 0 Å². The predicted molar refractivity (Wildman–Crippen MR) is 97.6 cm³/mol. The molecule has 0 bridgehead atoms. The van der Waals surface area contributed by atoms with Gasteiger partial charge in [-0.05, 0) is 24.0 Å². The number of nitrogens with zero attached hydrogens (tertiary/aromatic N) is 3. The summed E-state index contributed by atoms with van der Waals surface area (Å²) >= 11 is 1.66. The molecule has 3 aromatic rings. The first-order chi connectivity index (χ1) is 11.8. The van der Waals surface area contributed by atoms with Crippen LogP contribution < -0.4 is 5.32 Å². The fraction of sp³-hybridized carbons (Fsp3) is 0.167. The molecule has 1 aromatic carbocycles. The fourth-order valence-electron chi connectivity index (χ4n) is 2.41. The zero-order valence-corrected chi connectivity index (χ0v) is 14.1. The number of hydrogen-bond donors (Lipinski definition) is 1. The van der Waals surface area contributed by atoms with Gasteiger partial charge in [-0.2, -0.15) is 11.8 Å². The van der Waals surface area contributed by atoms with Crippen LogP contribution in [0.3, 0.4) is 0 Å². The topological polar surface area (TPSA) is 59.8 Å². The Balaban J connectivity index is 1.73. The van der Waals surface area contributed by atoms with Gasteiger partial charge in [0.1, 0.15) is 12.1 Å². The minimum absolute atomic E-state index is 0.0206. The summed E-state index contributed by atoms with van der Waals surface area (Å²) < 4.78 is 1.81. The maximum atomic E-state index is 12.6. The second-order valence-corrected chi connectivity index (χ2v) is 6.19. The van der Waals surface area contributed by atoms with Gasteiger partial charge in [-0.1, -0.05) is 30.3 Å². The van der Waals surface area contributed by atoms with Crippen LogP contribution in [0.1, 0.15) is 11.5 Å². The summed E-state index contributed by atoms with van der Waals surface area (Å²) in [6, 6.07) is 13.5. The van der Waals surface area contributed by atoms with E-state index in [4.69, 9.17) is 0 Å². The molecule has 0 aliphatic heterocycles. The van der Waals surface area contributed by atoms with Gasteiger partial charge < -0.3 is 5.32 Å². The number of nitrogens with one attached hydrogen (secondary N) is 1. The van der Waals surface area contributed by atoms with Crippen molar-refractivity contribution < 1.29 is 4.79 Å². The Labute approximate surface area is 145 Å². The van der Waals surface area contributed by atoms with E-state index in [0.717, 1.165) is 17.1 Å². The number of carbonyl (C=O) groups is 1. The van der Waals surface area contributed by atoms with Crippen LogP contribution in [-0.4, -0.2) is 32.5 Å². The second-order valence-electron chi connectivity index (χ2n) is 5.28. The summed E-state index contributed by atoms with van der Waals surface area (Å²) in [5.74, 6) is 1.28. The molecule has 1 atom stereocenters. The number of benzene rings is 1. The van der Waals surface area contributed by atoms with Gasteiger partial charge in [-0.25, -0.2) is 9.97 Å². The quantitative estimate of drug-likeness (QED) is 0.749. The van der Waals surface area contributed by atoms with E-state index in [2.05, 4.69) is 15.3 Å². The van der Waals surface area contributed by atoms with Crippen LogP contribution in [0.4, 0.5) is 5.69 Å². The lowest BCUT2D eigenvalue weighted by Gasteiger charge is -2.16. The summed E-state index contributed by atoms with van der Waals surface area (Å²) in [5.41, 5.74) is 1.71. The SMILES string of the molecule is CSC[C@@H](C(=O)Nc1ccc(-n2ccnc2)nc1)c1ccccc1. The van der Waals surface area contributed by atoms with E-state index in [1.807, 2.05) is 59.5 Å². The molecule has 1 N–H and O–H groups in total. The average Bonchev–Trinajstić information content (AvgIpc) is 3.15. The first kappa shape index (κ1) is 16.3. The predicted octanol–water partition coefficient (Wildman–Crippen LogP) is 3.35. The molecule has 0 saturated carbocycles. The molecular weight excluding hydrogens is 320 g/mol. The lowest BCUT2D eigenvalue weighted by atomic mass is 10.0. The van der Waals surface area contributed by atoms with Crippen molar-refractivity contribution >= 4 is 23.4 Å². The highest BCUT2D eigenvalue weighted by atomic mass is 32.2. The van der Waals surface area contributed by atoms with Crippen LogP contribution >= 0.6 is 11.8 Å². The van der Waals surface area contributed by atoms with Crippen molar-refractivity contribution in [3.8, 4) is 5.82 Å². The number of anilines is 1. The molecule has 0 aliphatic rings. The van der Waals surface area contributed by atoms with Crippen molar-refractivity contribution in [2.75, 3.05) is 17.3 Å².